The summed E-state index contributed by atoms with van der Waals surface area (Å²) >= 11 is 0. The van der Waals surface area contributed by atoms with E-state index in [9.17, 15) is 83.4 Å². The predicted molar refractivity (Wildman–Crippen MR) is 322 cm³/mol. The number of hydrogen-bond acceptors (Lipinski definition) is 16. The fourth-order valence-electron chi connectivity index (χ4n) is 9.90. The Morgan fingerprint density at radius 3 is 1.50 bits per heavy atom. The molecule has 1 fully saturated rings. The standard InChI is InChI=1S/C61H94N10O17/c1-35(2)18-10-7-15-23-40(74)30-50(76)63-46(31-51(77)78)56(82)67-45(28-39-21-13-9-14-22-39)55(81)68-48(34-73)58(84)70-52(37(5)6)60(86)71-32-41(75)29-49(71)59(85)69-47(33-72)57(83)65-43(26-36(3)4)53(79)66-44(27-38-19-11-8-12-20-38)54(80)64-42(61(87)88)24-16-17-25-62/h8-9,11-14,19-22,35-37,40-49,52,72-75H,7,10,15-18,23-34,62H2,1-6H3,(H,63,76)(H,64,80)(H,65,83)(H,66,79)(H,67,82)(H,68,81)(H,69,85)(H,70,84)(H,77,78)(H,87,88)/t40-,41+,42-,43+,44-,45-,46+,47-,48-,49-,52+/m0/s1. The van der Waals surface area contributed by atoms with Gasteiger partial charge in [-0.2, -0.15) is 0 Å². The van der Waals surface area contributed by atoms with E-state index in [0.717, 1.165) is 24.2 Å². The Balaban J connectivity index is 1.78. The molecular formula is C61H94N10O17. The molecule has 2 aromatic carbocycles. The lowest BCUT2D eigenvalue weighted by Crippen LogP contribution is -2.62. The van der Waals surface area contributed by atoms with Crippen LogP contribution in [0.2, 0.25) is 0 Å². The molecule has 0 spiro atoms. The normalized spacial score (nSPS) is 17.0. The third kappa shape index (κ3) is 26.4. The lowest BCUT2D eigenvalue weighted by atomic mass is 10.00. The first-order valence-electron chi connectivity index (χ1n) is 30.2. The van der Waals surface area contributed by atoms with Crippen LogP contribution in [0.25, 0.3) is 0 Å². The second kappa shape index (κ2) is 38.6. The molecule has 1 heterocycles. The van der Waals surface area contributed by atoms with E-state index in [1.165, 1.54) is 13.8 Å². The molecule has 0 bridgehead atoms. The van der Waals surface area contributed by atoms with Crippen LogP contribution in [0.5, 0.6) is 0 Å². The Kier molecular flexibility index (Phi) is 32.8. The molecule has 1 aliphatic heterocycles. The number of β-amino-alcohol motifs (C(OH)–C–C–N with tert-alkyl or cyclic N) is 1. The minimum Gasteiger partial charge on any atom is -0.481 e. The zero-order valence-corrected chi connectivity index (χ0v) is 51.3. The van der Waals surface area contributed by atoms with Crippen molar-refractivity contribution in [2.45, 2.75) is 198 Å². The van der Waals surface area contributed by atoms with Crippen LogP contribution >= 0.6 is 0 Å². The molecule has 490 valence electrons. The van der Waals surface area contributed by atoms with E-state index < -0.39 is 170 Å². The van der Waals surface area contributed by atoms with Gasteiger partial charge in [0.05, 0.1) is 38.3 Å². The summed E-state index contributed by atoms with van der Waals surface area (Å²) < 4.78 is 0. The summed E-state index contributed by atoms with van der Waals surface area (Å²) in [5.41, 5.74) is 6.69. The summed E-state index contributed by atoms with van der Waals surface area (Å²) in [6, 6.07) is 3.02. The monoisotopic (exact) mass is 1240 g/mol. The van der Waals surface area contributed by atoms with Crippen molar-refractivity contribution in [3.63, 3.8) is 0 Å². The Morgan fingerprint density at radius 2 is 1.00 bits per heavy atom. The van der Waals surface area contributed by atoms with Gasteiger partial charge in [0.25, 0.3) is 0 Å². The quantitative estimate of drug-likeness (QED) is 0.0358. The number of nitrogens with one attached hydrogen (secondary N) is 8. The fraction of sp³-hybridized carbons (Fsp3) is 0.623. The number of carboxylic acids is 2. The van der Waals surface area contributed by atoms with Gasteiger partial charge >= 0.3 is 11.9 Å². The molecule has 27 nitrogen and oxygen atoms in total. The largest absolute Gasteiger partial charge is 0.481 e. The maximum absolute atomic E-state index is 14.4. The molecule has 0 aromatic heterocycles. The number of nitrogens with zero attached hydrogens (tertiary/aromatic N) is 1. The van der Waals surface area contributed by atoms with Crippen LogP contribution in [0.15, 0.2) is 60.7 Å². The molecule has 11 atom stereocenters. The number of aliphatic carboxylic acids is 2. The van der Waals surface area contributed by atoms with Crippen molar-refractivity contribution < 1.29 is 83.4 Å². The number of aliphatic hydroxyl groups is 4. The highest BCUT2D eigenvalue weighted by Gasteiger charge is 2.44. The molecule has 2 aromatic rings. The number of aliphatic hydroxyl groups excluding tert-OH is 4. The average molecular weight is 1240 g/mol. The summed E-state index contributed by atoms with van der Waals surface area (Å²) in [7, 11) is 0. The van der Waals surface area contributed by atoms with Crippen LogP contribution in [0.1, 0.15) is 130 Å². The molecule has 1 aliphatic rings. The summed E-state index contributed by atoms with van der Waals surface area (Å²) in [6.07, 6.45) is 0.350. The summed E-state index contributed by atoms with van der Waals surface area (Å²) in [5.74, 6) is -11.9. The molecule has 0 radical (unpaired) electrons. The molecule has 16 N–H and O–H groups in total. The number of amides is 9. The van der Waals surface area contributed by atoms with E-state index in [1.807, 2.05) is 0 Å². The van der Waals surface area contributed by atoms with Crippen molar-refractivity contribution in [2.75, 3.05) is 26.3 Å². The van der Waals surface area contributed by atoms with Gasteiger partial charge in [-0.15, -0.1) is 0 Å². The van der Waals surface area contributed by atoms with Gasteiger partial charge in [0.2, 0.25) is 53.2 Å². The van der Waals surface area contributed by atoms with Crippen LogP contribution in [0, 0.1) is 17.8 Å². The van der Waals surface area contributed by atoms with Gasteiger partial charge in [-0.1, -0.05) is 128 Å². The van der Waals surface area contributed by atoms with E-state index in [1.54, 1.807) is 74.5 Å². The number of likely N-dealkylation sites (tertiary alicyclic amines) is 1. The number of carboxylic acid groups (broad SMARTS) is 2. The van der Waals surface area contributed by atoms with E-state index in [4.69, 9.17) is 5.73 Å². The highest BCUT2D eigenvalue weighted by molar-refractivity contribution is 5.99. The Labute approximate surface area is 513 Å². The van der Waals surface area contributed by atoms with Crippen molar-refractivity contribution >= 4 is 65.1 Å². The number of benzene rings is 2. The van der Waals surface area contributed by atoms with Crippen molar-refractivity contribution in [1.82, 2.24) is 47.4 Å². The molecule has 0 aliphatic carbocycles. The minimum atomic E-state index is -1.79. The Hall–Kier alpha value is -7.59. The number of unbranched alkanes of at least 4 members (excludes halogenated alkanes) is 3. The number of nitrogens with two attached hydrogens (primary N) is 1. The van der Waals surface area contributed by atoms with Crippen molar-refractivity contribution in [1.29, 1.82) is 0 Å². The Morgan fingerprint density at radius 1 is 0.534 bits per heavy atom. The molecule has 27 heteroatoms. The highest BCUT2D eigenvalue weighted by Crippen LogP contribution is 2.22. The number of carbonyl (C=O) groups excluding carboxylic acids is 9. The van der Waals surface area contributed by atoms with Crippen molar-refractivity contribution in [3.05, 3.63) is 71.8 Å². The molecule has 1 saturated heterocycles. The van der Waals surface area contributed by atoms with Crippen LogP contribution in [0.4, 0.5) is 0 Å². The molecule has 3 rings (SSSR count). The maximum Gasteiger partial charge on any atom is 0.326 e. The van der Waals surface area contributed by atoms with Crippen molar-refractivity contribution in [3.8, 4) is 0 Å². The van der Waals surface area contributed by atoms with E-state index in [-0.39, 0.29) is 38.0 Å². The maximum atomic E-state index is 14.4. The van der Waals surface area contributed by atoms with Gasteiger partial charge in [0.1, 0.15) is 54.4 Å². The zero-order valence-electron chi connectivity index (χ0n) is 51.3. The highest BCUT2D eigenvalue weighted by atomic mass is 16.4. The van der Waals surface area contributed by atoms with Gasteiger partial charge in [0, 0.05) is 25.8 Å². The summed E-state index contributed by atoms with van der Waals surface area (Å²) in [4.78, 5) is 150. The fourth-order valence-corrected chi connectivity index (χ4v) is 9.90. The lowest BCUT2D eigenvalue weighted by Gasteiger charge is -2.32. The average Bonchev–Trinajstić information content (AvgIpc) is 4.03. The van der Waals surface area contributed by atoms with Gasteiger partial charge < -0.3 is 83.8 Å². The van der Waals surface area contributed by atoms with Crippen LogP contribution in [0.3, 0.4) is 0 Å². The molecular weight excluding hydrogens is 1140 g/mol. The smallest absolute Gasteiger partial charge is 0.326 e. The van der Waals surface area contributed by atoms with Crippen molar-refractivity contribution in [2.24, 2.45) is 23.5 Å². The van der Waals surface area contributed by atoms with Gasteiger partial charge in [0.15, 0.2) is 0 Å². The number of hydrogen-bond donors (Lipinski definition) is 15. The third-order valence-corrected chi connectivity index (χ3v) is 14.7. The summed E-state index contributed by atoms with van der Waals surface area (Å²) in [5, 5.41) is 81.6. The van der Waals surface area contributed by atoms with E-state index in [0.29, 0.717) is 49.3 Å². The predicted octanol–water partition coefficient (Wildman–Crippen LogP) is -0.956. The molecule has 0 unspecified atom stereocenters. The zero-order chi connectivity index (χ0) is 65.6. The first-order chi connectivity index (χ1) is 41.7. The first-order valence-corrected chi connectivity index (χ1v) is 30.2. The van der Waals surface area contributed by atoms with E-state index in [2.05, 4.69) is 56.4 Å². The van der Waals surface area contributed by atoms with Crippen LogP contribution < -0.4 is 48.3 Å². The van der Waals surface area contributed by atoms with Gasteiger partial charge in [-0.3, -0.25) is 47.9 Å². The molecule has 88 heavy (non-hydrogen) atoms. The van der Waals surface area contributed by atoms with Gasteiger partial charge in [-0.05, 0) is 67.5 Å². The first kappa shape index (κ1) is 74.7. The molecule has 9 amide bonds. The topological polar surface area (TPSA) is 435 Å². The third-order valence-electron chi connectivity index (χ3n) is 14.7. The van der Waals surface area contributed by atoms with Crippen LogP contribution in [-0.2, 0) is 65.6 Å². The van der Waals surface area contributed by atoms with E-state index >= 15 is 0 Å². The Bertz CT molecular complexity index is 2600. The minimum absolute atomic E-state index is 0.00663. The second-order valence-corrected chi connectivity index (χ2v) is 23.6. The summed E-state index contributed by atoms with van der Waals surface area (Å²) in [6.45, 7) is 8.57. The van der Waals surface area contributed by atoms with Gasteiger partial charge in [-0.25, -0.2) is 4.79 Å². The van der Waals surface area contributed by atoms with Crippen LogP contribution in [-0.4, -0.2) is 194 Å². The second-order valence-electron chi connectivity index (χ2n) is 23.6. The SMILES string of the molecule is CC(C)CCCCC[C@H](O)CC(=O)N[C@H](CC(=O)O)C(=O)N[C@@H](Cc1ccccc1)C(=O)N[C@@H](CO)C(=O)N[C@@H](C(=O)N1C[C@H](O)C[C@H]1C(=O)N[C@@H](CO)C(=O)N[C@H](CC(C)C)C(=O)N[C@@H](Cc1ccccc1)C(=O)N[C@@H](CCCCN)C(=O)O)C(C)C. The molecule has 0 saturated carbocycles. The number of rotatable bonds is 40. The lowest BCUT2D eigenvalue weighted by molar-refractivity contribution is -0.144. The number of carbonyl (C=O) groups is 11.